The van der Waals surface area contributed by atoms with Crippen LogP contribution < -0.4 is 5.32 Å². The summed E-state index contributed by atoms with van der Waals surface area (Å²) in [5, 5.41) is 3.09. The molecule has 4 heteroatoms. The van der Waals surface area contributed by atoms with Crippen molar-refractivity contribution in [2.75, 3.05) is 19.6 Å². The van der Waals surface area contributed by atoms with Gasteiger partial charge in [0.05, 0.1) is 11.3 Å². The van der Waals surface area contributed by atoms with E-state index in [1.807, 2.05) is 31.2 Å². The second-order valence-electron chi connectivity index (χ2n) is 8.53. The second kappa shape index (κ2) is 9.33. The summed E-state index contributed by atoms with van der Waals surface area (Å²) in [6, 6.07) is 12.1. The summed E-state index contributed by atoms with van der Waals surface area (Å²) < 4.78 is 0. The molecule has 3 rings (SSSR count). The minimum Gasteiger partial charge on any atom is -0.348 e. The number of amides is 1. The zero-order valence-electron chi connectivity index (χ0n) is 17.7. The lowest BCUT2D eigenvalue weighted by atomic mass is 9.89. The topological polar surface area (TPSA) is 45.2 Å². The van der Waals surface area contributed by atoms with Crippen LogP contribution in [0.15, 0.2) is 36.4 Å². The van der Waals surface area contributed by atoms with Gasteiger partial charge in [-0.05, 0) is 63.4 Å². The predicted molar refractivity (Wildman–Crippen MR) is 115 cm³/mol. The minimum absolute atomic E-state index is 0.0198. The molecule has 0 radical (unpaired) electrons. The van der Waals surface area contributed by atoms with Gasteiger partial charge < -0.3 is 10.2 Å². The Balaban J connectivity index is 1.69. The van der Waals surface area contributed by atoms with Crippen molar-refractivity contribution >= 4 is 5.91 Å². The molecule has 1 aliphatic rings. The third-order valence-corrected chi connectivity index (χ3v) is 5.44. The molecular formula is C24H33N3O. The highest BCUT2D eigenvalue weighted by molar-refractivity contribution is 5.95. The fourth-order valence-corrected chi connectivity index (χ4v) is 4.09. The second-order valence-corrected chi connectivity index (χ2v) is 8.53. The number of nitrogens with zero attached hydrogens (tertiary/aromatic N) is 2. The van der Waals surface area contributed by atoms with Gasteiger partial charge in [0.15, 0.2) is 0 Å². The average molecular weight is 380 g/mol. The molecule has 1 N–H and O–H groups in total. The van der Waals surface area contributed by atoms with Gasteiger partial charge in [-0.1, -0.05) is 43.7 Å². The number of pyridine rings is 1. The van der Waals surface area contributed by atoms with Gasteiger partial charge in [0, 0.05) is 24.7 Å². The number of hydrogen-bond acceptors (Lipinski definition) is 3. The van der Waals surface area contributed by atoms with Crippen LogP contribution in [0.5, 0.6) is 0 Å². The van der Waals surface area contributed by atoms with Crippen molar-refractivity contribution < 1.29 is 4.79 Å². The van der Waals surface area contributed by atoms with E-state index >= 15 is 0 Å². The predicted octanol–water partition coefficient (Wildman–Crippen LogP) is 4.46. The summed E-state index contributed by atoms with van der Waals surface area (Å²) in [4.78, 5) is 20.3. The van der Waals surface area contributed by atoms with Crippen molar-refractivity contribution in [3.63, 3.8) is 0 Å². The Hall–Kier alpha value is -2.20. The van der Waals surface area contributed by atoms with Gasteiger partial charge in [-0.3, -0.25) is 9.78 Å². The number of nitrogens with one attached hydrogen (secondary N) is 1. The van der Waals surface area contributed by atoms with Gasteiger partial charge in [0.25, 0.3) is 5.91 Å². The summed E-state index contributed by atoms with van der Waals surface area (Å²) in [5.41, 5.74) is 5.02. The largest absolute Gasteiger partial charge is 0.348 e. The molecule has 1 amide bonds. The first-order valence-corrected chi connectivity index (χ1v) is 10.5. The molecule has 1 aromatic carbocycles. The molecule has 0 bridgehead atoms. The van der Waals surface area contributed by atoms with Gasteiger partial charge >= 0.3 is 0 Å². The first-order valence-electron chi connectivity index (χ1n) is 10.5. The lowest BCUT2D eigenvalue weighted by Crippen LogP contribution is -2.36. The molecule has 28 heavy (non-hydrogen) atoms. The number of benzene rings is 1. The van der Waals surface area contributed by atoms with E-state index in [0.29, 0.717) is 18.4 Å². The first kappa shape index (κ1) is 20.5. The normalized spacial score (nSPS) is 15.8. The smallest absolute Gasteiger partial charge is 0.253 e. The Morgan fingerprint density at radius 2 is 1.93 bits per heavy atom. The lowest BCUT2D eigenvalue weighted by Gasteiger charge is -2.33. The third kappa shape index (κ3) is 5.41. The highest BCUT2D eigenvalue weighted by Gasteiger charge is 2.26. The molecule has 1 aliphatic heterocycles. The van der Waals surface area contributed by atoms with Gasteiger partial charge in [-0.15, -0.1) is 0 Å². The molecule has 1 fully saturated rings. The van der Waals surface area contributed by atoms with Crippen molar-refractivity contribution in [2.45, 2.75) is 53.0 Å². The van der Waals surface area contributed by atoms with Crippen LogP contribution in [0, 0.1) is 19.8 Å². The highest BCUT2D eigenvalue weighted by atomic mass is 16.1. The van der Waals surface area contributed by atoms with Crippen LogP contribution in [0.1, 0.15) is 65.5 Å². The van der Waals surface area contributed by atoms with Gasteiger partial charge in [-0.2, -0.15) is 0 Å². The molecule has 2 aromatic rings. The van der Waals surface area contributed by atoms with Crippen LogP contribution in [0.3, 0.4) is 0 Å². The van der Waals surface area contributed by atoms with E-state index in [1.54, 1.807) is 0 Å². The highest BCUT2D eigenvalue weighted by Crippen LogP contribution is 2.29. The Labute approximate surface area is 169 Å². The van der Waals surface area contributed by atoms with Crippen molar-refractivity contribution in [3.05, 3.63) is 64.5 Å². The van der Waals surface area contributed by atoms with Crippen LogP contribution in [-0.4, -0.2) is 35.4 Å². The maximum Gasteiger partial charge on any atom is 0.253 e. The molecule has 2 heterocycles. The minimum atomic E-state index is -0.0198. The number of likely N-dealkylation sites (tertiary alicyclic amines) is 1. The monoisotopic (exact) mass is 379 g/mol. The number of aryl methyl sites for hydroxylation is 2. The van der Waals surface area contributed by atoms with Crippen LogP contribution in [0.4, 0.5) is 0 Å². The molecule has 1 aromatic heterocycles. The molecule has 0 saturated carbocycles. The van der Waals surface area contributed by atoms with Crippen molar-refractivity contribution in [3.8, 4) is 0 Å². The van der Waals surface area contributed by atoms with E-state index < -0.39 is 0 Å². The van der Waals surface area contributed by atoms with Crippen LogP contribution in [0.2, 0.25) is 0 Å². The van der Waals surface area contributed by atoms with E-state index in [-0.39, 0.29) is 5.91 Å². The summed E-state index contributed by atoms with van der Waals surface area (Å²) in [7, 11) is 0. The molecule has 1 saturated heterocycles. The van der Waals surface area contributed by atoms with E-state index in [9.17, 15) is 4.79 Å². The van der Waals surface area contributed by atoms with Crippen LogP contribution in [-0.2, 0) is 6.54 Å². The third-order valence-electron chi connectivity index (χ3n) is 5.44. The number of hydrogen-bond donors (Lipinski definition) is 1. The van der Waals surface area contributed by atoms with Crippen molar-refractivity contribution in [1.29, 1.82) is 0 Å². The van der Waals surface area contributed by atoms with Gasteiger partial charge in [0.1, 0.15) is 0 Å². The van der Waals surface area contributed by atoms with E-state index in [0.717, 1.165) is 55.0 Å². The van der Waals surface area contributed by atoms with Crippen molar-refractivity contribution in [1.82, 2.24) is 15.2 Å². The lowest BCUT2D eigenvalue weighted by molar-refractivity contribution is 0.0948. The molecule has 0 spiro atoms. The Kier molecular flexibility index (Phi) is 6.84. The Morgan fingerprint density at radius 3 is 2.61 bits per heavy atom. The summed E-state index contributed by atoms with van der Waals surface area (Å²) in [6.45, 7) is 12.5. The zero-order valence-corrected chi connectivity index (χ0v) is 17.7. The summed E-state index contributed by atoms with van der Waals surface area (Å²) in [5.74, 6) is 1.04. The Morgan fingerprint density at radius 1 is 1.18 bits per heavy atom. The van der Waals surface area contributed by atoms with E-state index in [2.05, 4.69) is 43.1 Å². The van der Waals surface area contributed by atoms with Gasteiger partial charge in [-0.25, -0.2) is 0 Å². The van der Waals surface area contributed by atoms with E-state index in [1.165, 1.54) is 5.56 Å². The molecular weight excluding hydrogens is 346 g/mol. The number of rotatable bonds is 6. The maximum absolute atomic E-state index is 12.9. The SMILES string of the molecule is Cc1cccc(CNC(=O)c2ccc(C)nc2C2CCN(CC(C)C)CC2)c1. The molecule has 4 nitrogen and oxygen atoms in total. The number of carbonyl (C=O) groups excluding carboxylic acids is 1. The fraction of sp³-hybridized carbons (Fsp3) is 0.500. The number of piperidine rings is 1. The maximum atomic E-state index is 12.9. The molecule has 0 aliphatic carbocycles. The van der Waals surface area contributed by atoms with E-state index in [4.69, 9.17) is 4.98 Å². The molecule has 0 unspecified atom stereocenters. The zero-order chi connectivity index (χ0) is 20.1. The molecule has 0 atom stereocenters. The summed E-state index contributed by atoms with van der Waals surface area (Å²) in [6.07, 6.45) is 2.14. The summed E-state index contributed by atoms with van der Waals surface area (Å²) >= 11 is 0. The standard InChI is InChI=1S/C24H33N3O/c1-17(2)16-27-12-10-21(11-13-27)23-22(9-8-19(4)26-23)24(28)25-15-20-7-5-6-18(3)14-20/h5-9,14,17,21H,10-13,15-16H2,1-4H3,(H,25,28). The van der Waals surface area contributed by atoms with Gasteiger partial charge in [0.2, 0.25) is 0 Å². The molecule has 150 valence electrons. The fourth-order valence-electron chi connectivity index (χ4n) is 4.09. The quantitative estimate of drug-likeness (QED) is 0.806. The van der Waals surface area contributed by atoms with Crippen LogP contribution >= 0.6 is 0 Å². The van der Waals surface area contributed by atoms with Crippen LogP contribution in [0.25, 0.3) is 0 Å². The number of carbonyl (C=O) groups is 1. The van der Waals surface area contributed by atoms with Crippen molar-refractivity contribution in [2.24, 2.45) is 5.92 Å². The Bertz CT molecular complexity index is 807. The number of aromatic nitrogens is 1. The first-order chi connectivity index (χ1) is 13.4. The average Bonchev–Trinajstić information content (AvgIpc) is 2.66.